The number of carbonyl (C=O) groups excluding carboxylic acids is 1. The zero-order valence-corrected chi connectivity index (χ0v) is 19.6. The number of piperazine rings is 1. The Kier molecular flexibility index (Phi) is 5.27. The van der Waals surface area contributed by atoms with E-state index in [9.17, 15) is 9.90 Å². The zero-order chi connectivity index (χ0) is 23.3. The second kappa shape index (κ2) is 8.02. The number of aromatic hydroxyl groups is 1. The third-order valence-corrected chi connectivity index (χ3v) is 6.60. The van der Waals surface area contributed by atoms with Crippen molar-refractivity contribution >= 4 is 11.6 Å². The first-order valence-electron chi connectivity index (χ1n) is 11.5. The molecular weight excluding hydrogens is 422 g/mol. The highest BCUT2D eigenvalue weighted by atomic mass is 16.6. The lowest BCUT2D eigenvalue weighted by atomic mass is 9.85. The van der Waals surface area contributed by atoms with Crippen LogP contribution in [0.3, 0.4) is 0 Å². The molecule has 0 spiro atoms. The number of rotatable bonds is 3. The maximum atomic E-state index is 12.3. The lowest BCUT2D eigenvalue weighted by molar-refractivity contribution is -0.00172. The molecule has 1 amide bonds. The minimum absolute atomic E-state index is 0.174. The fourth-order valence-electron chi connectivity index (χ4n) is 4.75. The van der Waals surface area contributed by atoms with Crippen molar-refractivity contribution in [2.24, 2.45) is 0 Å². The van der Waals surface area contributed by atoms with E-state index in [1.807, 2.05) is 38.6 Å². The highest BCUT2D eigenvalue weighted by Gasteiger charge is 2.38. The van der Waals surface area contributed by atoms with Gasteiger partial charge in [-0.2, -0.15) is 5.10 Å². The molecule has 2 aliphatic rings. The monoisotopic (exact) mass is 453 g/mol. The van der Waals surface area contributed by atoms with Gasteiger partial charge in [-0.15, -0.1) is 5.10 Å². The molecule has 1 aliphatic heterocycles. The molecule has 3 aromatic heterocycles. The van der Waals surface area contributed by atoms with Crippen LogP contribution in [0.5, 0.6) is 5.75 Å². The summed E-state index contributed by atoms with van der Waals surface area (Å²) in [6.45, 7) is 10.8. The van der Waals surface area contributed by atoms with Crippen LogP contribution in [0, 0.1) is 6.92 Å². The van der Waals surface area contributed by atoms with E-state index in [1.165, 1.54) is 0 Å². The van der Waals surface area contributed by atoms with Gasteiger partial charge in [0.1, 0.15) is 22.6 Å². The molecule has 5 rings (SSSR count). The fraction of sp³-hybridized carbons (Fsp3) is 0.565. The van der Waals surface area contributed by atoms with Crippen molar-refractivity contribution in [3.05, 3.63) is 30.2 Å². The molecule has 10 nitrogen and oxygen atoms in total. The molecule has 10 heteroatoms. The average molecular weight is 454 g/mol. The van der Waals surface area contributed by atoms with E-state index in [4.69, 9.17) is 4.74 Å². The van der Waals surface area contributed by atoms with Crippen molar-refractivity contribution in [3.63, 3.8) is 0 Å². The van der Waals surface area contributed by atoms with Gasteiger partial charge in [0.2, 0.25) is 0 Å². The van der Waals surface area contributed by atoms with Crippen molar-refractivity contribution in [1.29, 1.82) is 0 Å². The Labute approximate surface area is 192 Å². The number of hydrogen-bond acceptors (Lipinski definition) is 7. The molecule has 1 aliphatic carbocycles. The molecule has 2 fully saturated rings. The first-order chi connectivity index (χ1) is 15.7. The number of pyridine rings is 1. The summed E-state index contributed by atoms with van der Waals surface area (Å²) < 4.78 is 9.15. The topological polar surface area (TPSA) is 101 Å². The summed E-state index contributed by atoms with van der Waals surface area (Å²) in [6.07, 6.45) is 5.33. The van der Waals surface area contributed by atoms with Gasteiger partial charge >= 0.3 is 6.09 Å². The first kappa shape index (κ1) is 21.7. The maximum Gasteiger partial charge on any atom is 0.410 e. The van der Waals surface area contributed by atoms with Crippen LogP contribution >= 0.6 is 0 Å². The highest BCUT2D eigenvalue weighted by molar-refractivity contribution is 5.69. The van der Waals surface area contributed by atoms with Gasteiger partial charge in [-0.1, -0.05) is 5.21 Å². The maximum absolute atomic E-state index is 12.3. The zero-order valence-electron chi connectivity index (χ0n) is 19.6. The summed E-state index contributed by atoms with van der Waals surface area (Å²) in [5.74, 6) is 0.174. The molecule has 3 aromatic rings. The summed E-state index contributed by atoms with van der Waals surface area (Å²) in [7, 11) is 0. The van der Waals surface area contributed by atoms with Crippen LogP contribution in [0.1, 0.15) is 45.3 Å². The number of hydrogen-bond donors (Lipinski definition) is 1. The van der Waals surface area contributed by atoms with Gasteiger partial charge in [-0.05, 0) is 52.7 Å². The Morgan fingerprint density at radius 1 is 1.15 bits per heavy atom. The van der Waals surface area contributed by atoms with Crippen molar-refractivity contribution in [2.75, 3.05) is 26.2 Å². The lowest BCUT2D eigenvalue weighted by Gasteiger charge is -2.46. The van der Waals surface area contributed by atoms with Gasteiger partial charge in [0.25, 0.3) is 0 Å². The molecule has 0 unspecified atom stereocenters. The number of amides is 1. The summed E-state index contributed by atoms with van der Waals surface area (Å²) in [4.78, 5) is 16.6. The molecule has 1 N–H and O–H groups in total. The van der Waals surface area contributed by atoms with Gasteiger partial charge in [0.05, 0.1) is 17.9 Å². The number of carbonyl (C=O) groups is 1. The molecule has 33 heavy (non-hydrogen) atoms. The Morgan fingerprint density at radius 3 is 2.58 bits per heavy atom. The summed E-state index contributed by atoms with van der Waals surface area (Å²) in [5, 5.41) is 23.4. The van der Waals surface area contributed by atoms with Crippen molar-refractivity contribution in [3.8, 4) is 17.0 Å². The van der Waals surface area contributed by atoms with Gasteiger partial charge in [-0.3, -0.25) is 4.90 Å². The Balaban J connectivity index is 1.19. The minimum atomic E-state index is -0.465. The Hall–Kier alpha value is -3.14. The van der Waals surface area contributed by atoms with Crippen LogP contribution in [-0.2, 0) is 4.74 Å². The normalized spacial score (nSPS) is 21.9. The number of aromatic nitrogens is 5. The van der Waals surface area contributed by atoms with Crippen molar-refractivity contribution < 1.29 is 14.6 Å². The highest BCUT2D eigenvalue weighted by Crippen LogP contribution is 2.38. The number of nitrogens with zero attached hydrogens (tertiary/aromatic N) is 7. The van der Waals surface area contributed by atoms with E-state index < -0.39 is 5.60 Å². The van der Waals surface area contributed by atoms with Gasteiger partial charge in [0, 0.05) is 44.0 Å². The molecule has 176 valence electrons. The molecule has 1 saturated heterocycles. The van der Waals surface area contributed by atoms with Crippen LogP contribution in [0.4, 0.5) is 4.79 Å². The predicted octanol–water partition coefficient (Wildman–Crippen LogP) is 2.86. The molecular formula is C23H31N7O3. The third-order valence-electron chi connectivity index (χ3n) is 6.60. The molecule has 1 saturated carbocycles. The molecule has 0 bridgehead atoms. The molecule has 0 aromatic carbocycles. The average Bonchev–Trinajstić information content (AvgIpc) is 3.33. The fourth-order valence-corrected chi connectivity index (χ4v) is 4.75. The van der Waals surface area contributed by atoms with E-state index in [0.29, 0.717) is 30.7 Å². The molecule has 0 atom stereocenters. The number of ether oxygens (including phenoxy) is 1. The minimum Gasteiger partial charge on any atom is -0.506 e. The predicted molar refractivity (Wildman–Crippen MR) is 122 cm³/mol. The molecule has 0 radical (unpaired) electrons. The van der Waals surface area contributed by atoms with Gasteiger partial charge < -0.3 is 14.7 Å². The van der Waals surface area contributed by atoms with E-state index in [0.717, 1.165) is 42.9 Å². The lowest BCUT2D eigenvalue weighted by Crippen LogP contribution is -2.55. The Bertz CT molecular complexity index is 1160. The van der Waals surface area contributed by atoms with Crippen LogP contribution < -0.4 is 0 Å². The van der Waals surface area contributed by atoms with Crippen molar-refractivity contribution in [1.82, 2.24) is 34.4 Å². The van der Waals surface area contributed by atoms with Crippen LogP contribution in [-0.4, -0.2) is 83.4 Å². The number of fused-ring (bicyclic) bond motifs is 1. The summed E-state index contributed by atoms with van der Waals surface area (Å²) >= 11 is 0. The van der Waals surface area contributed by atoms with Crippen LogP contribution in [0.2, 0.25) is 0 Å². The third kappa shape index (κ3) is 4.15. The Morgan fingerprint density at radius 2 is 1.88 bits per heavy atom. The van der Waals surface area contributed by atoms with E-state index in [2.05, 4.69) is 20.3 Å². The second-order valence-corrected chi connectivity index (χ2v) is 10.0. The van der Waals surface area contributed by atoms with E-state index in [1.54, 1.807) is 27.7 Å². The van der Waals surface area contributed by atoms with Gasteiger partial charge in [0.15, 0.2) is 0 Å². The van der Waals surface area contributed by atoms with Gasteiger partial charge in [-0.25, -0.2) is 14.0 Å². The quantitative estimate of drug-likeness (QED) is 0.651. The summed E-state index contributed by atoms with van der Waals surface area (Å²) in [6, 6.07) is 4.28. The van der Waals surface area contributed by atoms with Crippen molar-refractivity contribution in [2.45, 2.75) is 58.2 Å². The second-order valence-electron chi connectivity index (χ2n) is 10.0. The largest absolute Gasteiger partial charge is 0.506 e. The van der Waals surface area contributed by atoms with E-state index >= 15 is 0 Å². The van der Waals surface area contributed by atoms with E-state index in [-0.39, 0.29) is 11.8 Å². The van der Waals surface area contributed by atoms with Crippen LogP contribution in [0.25, 0.3) is 16.8 Å². The first-order valence-corrected chi connectivity index (χ1v) is 11.5. The molecule has 4 heterocycles. The standard InChI is InChI=1S/C23H31N7O3/c1-15-21(16-11-20(31)19-5-6-24-29(19)14-16)25-26-30(15)18-12-17(13-18)27-7-9-28(10-8-27)22(32)33-23(2,3)4/h5-6,11,14,17-18,31H,7-10,12-13H2,1-4H3. The van der Waals surface area contributed by atoms with Crippen LogP contribution in [0.15, 0.2) is 24.5 Å². The smallest absolute Gasteiger partial charge is 0.410 e. The SMILES string of the molecule is Cc1c(-c2cc(O)c3ccnn3c2)nnn1C1CC(N2CCN(C(=O)OC(C)(C)C)CC2)C1. The summed E-state index contributed by atoms with van der Waals surface area (Å²) in [5.41, 5.74) is 2.74.